The summed E-state index contributed by atoms with van der Waals surface area (Å²) in [5.74, 6) is 1.38. The van der Waals surface area contributed by atoms with Crippen LogP contribution >= 0.6 is 11.8 Å². The van der Waals surface area contributed by atoms with Gasteiger partial charge in [-0.2, -0.15) is 11.8 Å². The van der Waals surface area contributed by atoms with E-state index in [1.165, 1.54) is 31.4 Å². The van der Waals surface area contributed by atoms with Crippen molar-refractivity contribution in [1.29, 1.82) is 0 Å². The Morgan fingerprint density at radius 3 is 2.73 bits per heavy atom. The van der Waals surface area contributed by atoms with E-state index in [9.17, 15) is 0 Å². The summed E-state index contributed by atoms with van der Waals surface area (Å²) in [5, 5.41) is 4.57. The molecule has 0 aromatic rings. The summed E-state index contributed by atoms with van der Waals surface area (Å²) in [6.45, 7) is 2.36. The Labute approximate surface area is 73.3 Å². The molecule has 1 aliphatic heterocycles. The fourth-order valence-electron chi connectivity index (χ4n) is 1.69. The van der Waals surface area contributed by atoms with Crippen molar-refractivity contribution in [2.45, 2.75) is 49.9 Å². The number of rotatable bonds is 2. The van der Waals surface area contributed by atoms with Crippen molar-refractivity contribution >= 4 is 11.8 Å². The summed E-state index contributed by atoms with van der Waals surface area (Å²) >= 11 is 2.13. The molecule has 2 unspecified atom stereocenters. The molecule has 1 aliphatic carbocycles. The first kappa shape index (κ1) is 7.93. The van der Waals surface area contributed by atoms with Crippen molar-refractivity contribution in [3.05, 3.63) is 0 Å². The highest BCUT2D eigenvalue weighted by Gasteiger charge is 2.28. The van der Waals surface area contributed by atoms with Crippen LogP contribution < -0.4 is 5.32 Å². The molecule has 1 heterocycles. The topological polar surface area (TPSA) is 12.0 Å². The first-order valence-electron chi connectivity index (χ1n) is 4.74. The molecule has 64 valence electrons. The van der Waals surface area contributed by atoms with Crippen LogP contribution in [0.5, 0.6) is 0 Å². The highest BCUT2D eigenvalue weighted by atomic mass is 32.2. The summed E-state index contributed by atoms with van der Waals surface area (Å²) in [4.78, 5) is 0. The van der Waals surface area contributed by atoms with Crippen molar-refractivity contribution in [1.82, 2.24) is 5.32 Å². The predicted octanol–water partition coefficient (Wildman–Crippen LogP) is 2.02. The molecular weight excluding hydrogens is 154 g/mol. The zero-order valence-corrected chi connectivity index (χ0v) is 7.99. The lowest BCUT2D eigenvalue weighted by Gasteiger charge is -2.29. The monoisotopic (exact) mass is 171 g/mol. The Morgan fingerprint density at radius 1 is 1.27 bits per heavy atom. The molecule has 2 aliphatic rings. The van der Waals surface area contributed by atoms with Gasteiger partial charge in [-0.1, -0.05) is 6.92 Å². The molecule has 2 atom stereocenters. The smallest absolute Gasteiger partial charge is 0.0186 e. The van der Waals surface area contributed by atoms with Crippen LogP contribution in [0.15, 0.2) is 0 Å². The molecule has 2 fully saturated rings. The lowest BCUT2D eigenvalue weighted by Crippen LogP contribution is -2.40. The van der Waals surface area contributed by atoms with Crippen LogP contribution in [0.1, 0.15) is 32.6 Å². The molecule has 0 bridgehead atoms. The van der Waals surface area contributed by atoms with Gasteiger partial charge in [0, 0.05) is 17.3 Å². The fraction of sp³-hybridized carbons (Fsp3) is 1.00. The van der Waals surface area contributed by atoms with E-state index >= 15 is 0 Å². The quantitative estimate of drug-likeness (QED) is 0.682. The van der Waals surface area contributed by atoms with Gasteiger partial charge in [-0.05, 0) is 31.4 Å². The summed E-state index contributed by atoms with van der Waals surface area (Å²) in [6, 6.07) is 1.71. The Kier molecular flexibility index (Phi) is 2.42. The molecule has 0 spiro atoms. The highest BCUT2D eigenvalue weighted by molar-refractivity contribution is 7.99. The van der Waals surface area contributed by atoms with E-state index in [0.717, 1.165) is 17.3 Å². The minimum atomic E-state index is 0.821. The van der Waals surface area contributed by atoms with Gasteiger partial charge in [0.25, 0.3) is 0 Å². The number of thioether (sulfide) groups is 1. The fourth-order valence-corrected chi connectivity index (χ4v) is 2.85. The molecule has 0 radical (unpaired) electrons. The molecular formula is C9H17NS. The van der Waals surface area contributed by atoms with E-state index < -0.39 is 0 Å². The lowest BCUT2D eigenvalue weighted by atomic mass is 10.1. The van der Waals surface area contributed by atoms with Crippen LogP contribution in [-0.2, 0) is 0 Å². The van der Waals surface area contributed by atoms with Crippen LogP contribution in [0.2, 0.25) is 0 Å². The zero-order chi connectivity index (χ0) is 7.68. The predicted molar refractivity (Wildman–Crippen MR) is 51.1 cm³/mol. The number of nitrogens with one attached hydrogen (secondary N) is 1. The Balaban J connectivity index is 1.78. The van der Waals surface area contributed by atoms with E-state index in [1.54, 1.807) is 0 Å². The van der Waals surface area contributed by atoms with Gasteiger partial charge in [-0.15, -0.1) is 0 Å². The van der Waals surface area contributed by atoms with Crippen molar-refractivity contribution in [2.24, 2.45) is 0 Å². The molecule has 0 aromatic carbocycles. The van der Waals surface area contributed by atoms with Crippen molar-refractivity contribution in [3.8, 4) is 0 Å². The standard InChI is InChI=1S/C9H17NS/c1-7-9(3-2-6-11-7)10-8-4-5-8/h7-10H,2-6H2,1H3. The third kappa shape index (κ3) is 2.12. The maximum atomic E-state index is 3.72. The van der Waals surface area contributed by atoms with E-state index in [4.69, 9.17) is 0 Å². The molecule has 1 N–H and O–H groups in total. The van der Waals surface area contributed by atoms with Crippen molar-refractivity contribution in [3.63, 3.8) is 0 Å². The molecule has 2 heteroatoms. The van der Waals surface area contributed by atoms with Crippen LogP contribution in [-0.4, -0.2) is 23.1 Å². The maximum absolute atomic E-state index is 3.72. The second-order valence-electron chi connectivity index (χ2n) is 3.77. The first-order valence-corrected chi connectivity index (χ1v) is 5.79. The van der Waals surface area contributed by atoms with Crippen LogP contribution in [0.25, 0.3) is 0 Å². The summed E-state index contributed by atoms with van der Waals surface area (Å²) < 4.78 is 0. The Morgan fingerprint density at radius 2 is 2.09 bits per heavy atom. The molecule has 0 aromatic heterocycles. The first-order chi connectivity index (χ1) is 5.36. The van der Waals surface area contributed by atoms with E-state index in [0.29, 0.717) is 0 Å². The molecule has 1 saturated heterocycles. The average Bonchev–Trinajstić information content (AvgIpc) is 2.78. The van der Waals surface area contributed by atoms with Crippen LogP contribution in [0.4, 0.5) is 0 Å². The van der Waals surface area contributed by atoms with Gasteiger partial charge in [-0.25, -0.2) is 0 Å². The minimum Gasteiger partial charge on any atom is -0.310 e. The van der Waals surface area contributed by atoms with Gasteiger partial charge >= 0.3 is 0 Å². The Hall–Kier alpha value is 0.310. The van der Waals surface area contributed by atoms with Gasteiger partial charge in [0.2, 0.25) is 0 Å². The normalized spacial score (nSPS) is 39.0. The zero-order valence-electron chi connectivity index (χ0n) is 7.18. The SMILES string of the molecule is CC1SCCCC1NC1CC1. The molecule has 1 nitrogen and oxygen atoms in total. The third-order valence-electron chi connectivity index (χ3n) is 2.63. The average molecular weight is 171 g/mol. The minimum absolute atomic E-state index is 0.821. The van der Waals surface area contributed by atoms with Gasteiger partial charge in [0.15, 0.2) is 0 Å². The lowest BCUT2D eigenvalue weighted by molar-refractivity contribution is 0.460. The largest absolute Gasteiger partial charge is 0.310 e. The third-order valence-corrected chi connectivity index (χ3v) is 4.01. The van der Waals surface area contributed by atoms with Gasteiger partial charge in [0.1, 0.15) is 0 Å². The summed E-state index contributed by atoms with van der Waals surface area (Å²) in [5.41, 5.74) is 0. The Bertz CT molecular complexity index is 134. The van der Waals surface area contributed by atoms with Crippen molar-refractivity contribution < 1.29 is 0 Å². The second-order valence-corrected chi connectivity index (χ2v) is 5.25. The van der Waals surface area contributed by atoms with E-state index in [-0.39, 0.29) is 0 Å². The van der Waals surface area contributed by atoms with Crippen LogP contribution in [0.3, 0.4) is 0 Å². The van der Waals surface area contributed by atoms with E-state index in [2.05, 4.69) is 24.0 Å². The molecule has 2 rings (SSSR count). The number of hydrogen-bond donors (Lipinski definition) is 1. The van der Waals surface area contributed by atoms with Crippen molar-refractivity contribution in [2.75, 3.05) is 5.75 Å². The van der Waals surface area contributed by atoms with Crippen LogP contribution in [0, 0.1) is 0 Å². The van der Waals surface area contributed by atoms with Gasteiger partial charge in [0.05, 0.1) is 0 Å². The summed E-state index contributed by atoms with van der Waals surface area (Å²) in [6.07, 6.45) is 5.67. The number of hydrogen-bond acceptors (Lipinski definition) is 2. The second kappa shape index (κ2) is 3.36. The molecule has 0 amide bonds. The molecule has 1 saturated carbocycles. The summed E-state index contributed by atoms with van der Waals surface area (Å²) in [7, 11) is 0. The maximum Gasteiger partial charge on any atom is 0.0186 e. The molecule has 11 heavy (non-hydrogen) atoms. The van der Waals surface area contributed by atoms with Gasteiger partial charge < -0.3 is 5.32 Å². The van der Waals surface area contributed by atoms with Gasteiger partial charge in [-0.3, -0.25) is 0 Å². The highest BCUT2D eigenvalue weighted by Crippen LogP contribution is 2.28. The van der Waals surface area contributed by atoms with E-state index in [1.807, 2.05) is 0 Å².